The van der Waals surface area contributed by atoms with E-state index in [0.717, 1.165) is 22.6 Å². The highest BCUT2D eigenvalue weighted by Crippen LogP contribution is 2.20. The molecule has 0 fully saturated rings. The zero-order chi connectivity index (χ0) is 23.4. The van der Waals surface area contributed by atoms with E-state index in [1.807, 2.05) is 32.9 Å². The van der Waals surface area contributed by atoms with Crippen molar-refractivity contribution in [1.29, 1.82) is 0 Å². The summed E-state index contributed by atoms with van der Waals surface area (Å²) in [6.45, 7) is 5.69. The fourth-order valence-corrected chi connectivity index (χ4v) is 3.14. The van der Waals surface area contributed by atoms with Crippen molar-refractivity contribution in [3.63, 3.8) is 0 Å². The van der Waals surface area contributed by atoms with Crippen molar-refractivity contribution in [2.45, 2.75) is 20.8 Å². The number of carbonyl (C=O) groups is 1. The normalized spacial score (nSPS) is 10.7. The maximum absolute atomic E-state index is 13.6. The van der Waals surface area contributed by atoms with Crippen LogP contribution in [0.2, 0.25) is 0 Å². The standard InChI is InChI=1S/C24H23FN6O2/c1-15-16(2)30-31(17(15)3)23-13-12-22(28-29-23)26-18-8-10-19(11-9-18)27-24(32)14-33-21-7-5-4-6-20(21)25/h4-13H,14H2,1-3H3,(H,26,28)(H,27,32). The number of hydrogen-bond donors (Lipinski definition) is 2. The van der Waals surface area contributed by atoms with Crippen LogP contribution in [0.1, 0.15) is 17.0 Å². The molecule has 0 aliphatic heterocycles. The van der Waals surface area contributed by atoms with Gasteiger partial charge in [-0.05, 0) is 74.9 Å². The molecule has 168 valence electrons. The lowest BCUT2D eigenvalue weighted by Crippen LogP contribution is -2.20. The molecule has 0 unspecified atom stereocenters. The maximum Gasteiger partial charge on any atom is 0.262 e. The number of para-hydroxylation sites is 1. The number of rotatable bonds is 7. The van der Waals surface area contributed by atoms with Gasteiger partial charge in [0.2, 0.25) is 0 Å². The second kappa shape index (κ2) is 9.47. The van der Waals surface area contributed by atoms with E-state index in [-0.39, 0.29) is 18.3 Å². The van der Waals surface area contributed by atoms with Crippen molar-refractivity contribution >= 4 is 23.1 Å². The molecule has 9 heteroatoms. The predicted molar refractivity (Wildman–Crippen MR) is 124 cm³/mol. The molecule has 0 bridgehead atoms. The predicted octanol–water partition coefficient (Wildman–Crippen LogP) is 4.49. The van der Waals surface area contributed by atoms with Crippen molar-refractivity contribution < 1.29 is 13.9 Å². The van der Waals surface area contributed by atoms with Crippen LogP contribution in [0.25, 0.3) is 5.82 Å². The van der Waals surface area contributed by atoms with Crippen LogP contribution in [0.4, 0.5) is 21.6 Å². The van der Waals surface area contributed by atoms with Crippen molar-refractivity contribution in [2.75, 3.05) is 17.2 Å². The van der Waals surface area contributed by atoms with E-state index in [0.29, 0.717) is 17.3 Å². The van der Waals surface area contributed by atoms with Gasteiger partial charge < -0.3 is 15.4 Å². The molecule has 0 saturated carbocycles. The van der Waals surface area contributed by atoms with Crippen LogP contribution in [0, 0.1) is 26.6 Å². The lowest BCUT2D eigenvalue weighted by Gasteiger charge is -2.10. The summed E-state index contributed by atoms with van der Waals surface area (Å²) in [5, 5.41) is 18.8. The van der Waals surface area contributed by atoms with E-state index in [2.05, 4.69) is 25.9 Å². The van der Waals surface area contributed by atoms with Crippen LogP contribution in [0.5, 0.6) is 5.75 Å². The Hall–Kier alpha value is -4.27. The number of nitrogens with one attached hydrogen (secondary N) is 2. The molecule has 2 aromatic heterocycles. The molecule has 0 spiro atoms. The minimum Gasteiger partial charge on any atom is -0.481 e. The summed E-state index contributed by atoms with van der Waals surface area (Å²) in [5.74, 6) is 0.353. The molecule has 0 aliphatic carbocycles. The molecule has 0 saturated heterocycles. The molecule has 8 nitrogen and oxygen atoms in total. The first-order chi connectivity index (χ1) is 15.9. The van der Waals surface area contributed by atoms with Crippen LogP contribution < -0.4 is 15.4 Å². The summed E-state index contributed by atoms with van der Waals surface area (Å²) in [4.78, 5) is 12.1. The van der Waals surface area contributed by atoms with E-state index >= 15 is 0 Å². The maximum atomic E-state index is 13.6. The van der Waals surface area contributed by atoms with Gasteiger partial charge in [-0.2, -0.15) is 5.10 Å². The van der Waals surface area contributed by atoms with Crippen molar-refractivity contribution in [3.8, 4) is 11.6 Å². The zero-order valence-electron chi connectivity index (χ0n) is 18.5. The molecule has 4 rings (SSSR count). The van der Waals surface area contributed by atoms with E-state index in [9.17, 15) is 9.18 Å². The van der Waals surface area contributed by atoms with Gasteiger partial charge in [-0.15, -0.1) is 10.2 Å². The van der Waals surface area contributed by atoms with Gasteiger partial charge in [0, 0.05) is 17.1 Å². The second-order valence-electron chi connectivity index (χ2n) is 7.45. The van der Waals surface area contributed by atoms with Crippen LogP contribution in [0.15, 0.2) is 60.7 Å². The van der Waals surface area contributed by atoms with Crippen LogP contribution in [0.3, 0.4) is 0 Å². The van der Waals surface area contributed by atoms with Crippen LogP contribution >= 0.6 is 0 Å². The molecular weight excluding hydrogens is 423 g/mol. The van der Waals surface area contributed by atoms with Gasteiger partial charge in [0.05, 0.1) is 5.69 Å². The fourth-order valence-electron chi connectivity index (χ4n) is 3.14. The minimum atomic E-state index is -0.512. The number of benzene rings is 2. The van der Waals surface area contributed by atoms with Gasteiger partial charge >= 0.3 is 0 Å². The average Bonchev–Trinajstić information content (AvgIpc) is 3.07. The molecule has 0 atom stereocenters. The Balaban J connectivity index is 1.33. The van der Waals surface area contributed by atoms with Crippen molar-refractivity contribution in [3.05, 3.63) is 83.4 Å². The topological polar surface area (TPSA) is 94.0 Å². The summed E-state index contributed by atoms with van der Waals surface area (Å²) in [5.41, 5.74) is 4.48. The largest absolute Gasteiger partial charge is 0.481 e. The fraction of sp³-hybridized carbons (Fsp3) is 0.167. The summed E-state index contributed by atoms with van der Waals surface area (Å²) in [7, 11) is 0. The molecular formula is C24H23FN6O2. The smallest absolute Gasteiger partial charge is 0.262 e. The summed E-state index contributed by atoms with van der Waals surface area (Å²) >= 11 is 0. The van der Waals surface area contributed by atoms with Gasteiger partial charge in [0.1, 0.15) is 0 Å². The van der Waals surface area contributed by atoms with Crippen LogP contribution in [-0.2, 0) is 4.79 Å². The third-order valence-corrected chi connectivity index (χ3v) is 5.16. The quantitative estimate of drug-likeness (QED) is 0.435. The first-order valence-corrected chi connectivity index (χ1v) is 10.3. The van der Waals surface area contributed by atoms with E-state index in [4.69, 9.17) is 4.74 Å². The Bertz CT molecular complexity index is 1270. The average molecular weight is 446 g/mol. The van der Waals surface area contributed by atoms with Crippen molar-refractivity contribution in [1.82, 2.24) is 20.0 Å². The molecule has 0 radical (unpaired) electrons. The van der Waals surface area contributed by atoms with Crippen LogP contribution in [-0.4, -0.2) is 32.5 Å². The molecule has 2 N–H and O–H groups in total. The molecule has 1 amide bonds. The number of carbonyl (C=O) groups excluding carboxylic acids is 1. The van der Waals surface area contributed by atoms with Gasteiger partial charge in [-0.3, -0.25) is 4.79 Å². The summed E-state index contributed by atoms with van der Waals surface area (Å²) < 4.78 is 20.5. The number of ether oxygens (including phenoxy) is 1. The number of aromatic nitrogens is 4. The minimum absolute atomic E-state index is 0.0345. The van der Waals surface area contributed by atoms with Gasteiger partial charge in [0.25, 0.3) is 5.91 Å². The zero-order valence-corrected chi connectivity index (χ0v) is 18.5. The monoisotopic (exact) mass is 446 g/mol. The Kier molecular flexibility index (Phi) is 6.30. The highest BCUT2D eigenvalue weighted by molar-refractivity contribution is 5.92. The van der Waals surface area contributed by atoms with E-state index < -0.39 is 5.82 Å². The number of nitrogens with zero attached hydrogens (tertiary/aromatic N) is 4. The number of hydrogen-bond acceptors (Lipinski definition) is 6. The summed E-state index contributed by atoms with van der Waals surface area (Å²) in [6, 6.07) is 16.7. The molecule has 33 heavy (non-hydrogen) atoms. The number of amides is 1. The highest BCUT2D eigenvalue weighted by atomic mass is 19.1. The second-order valence-corrected chi connectivity index (χ2v) is 7.45. The van der Waals surface area contributed by atoms with Gasteiger partial charge in [0.15, 0.2) is 29.8 Å². The summed E-state index contributed by atoms with van der Waals surface area (Å²) in [6.07, 6.45) is 0. The molecule has 0 aliphatic rings. The molecule has 2 heterocycles. The third-order valence-electron chi connectivity index (χ3n) is 5.16. The Morgan fingerprint density at radius 3 is 2.33 bits per heavy atom. The first-order valence-electron chi connectivity index (χ1n) is 10.3. The Labute approximate surface area is 190 Å². The number of anilines is 3. The number of aryl methyl sites for hydroxylation is 1. The first kappa shape index (κ1) is 21.9. The third kappa shape index (κ3) is 5.15. The SMILES string of the molecule is Cc1nn(-c2ccc(Nc3ccc(NC(=O)COc4ccccc4F)cc3)nn2)c(C)c1C. The molecule has 2 aromatic carbocycles. The van der Waals surface area contributed by atoms with E-state index in [1.54, 1.807) is 41.1 Å². The van der Waals surface area contributed by atoms with Crippen molar-refractivity contribution in [2.24, 2.45) is 0 Å². The highest BCUT2D eigenvalue weighted by Gasteiger charge is 2.11. The molecule has 4 aromatic rings. The van der Waals surface area contributed by atoms with Gasteiger partial charge in [-0.1, -0.05) is 12.1 Å². The lowest BCUT2D eigenvalue weighted by molar-refractivity contribution is -0.118. The van der Waals surface area contributed by atoms with Gasteiger partial charge in [-0.25, -0.2) is 9.07 Å². The lowest BCUT2D eigenvalue weighted by atomic mass is 10.2. The Morgan fingerprint density at radius 1 is 0.970 bits per heavy atom. The Morgan fingerprint density at radius 2 is 1.70 bits per heavy atom. The number of halogens is 1. The van der Waals surface area contributed by atoms with E-state index in [1.165, 1.54) is 12.1 Å².